The molecule has 0 saturated heterocycles. The third kappa shape index (κ3) is 1.81. The van der Waals surface area contributed by atoms with Crippen LogP contribution in [0.15, 0.2) is 41.0 Å². The van der Waals surface area contributed by atoms with Crippen molar-refractivity contribution in [3.8, 4) is 0 Å². The molecule has 0 aliphatic carbocycles. The van der Waals surface area contributed by atoms with E-state index in [1.54, 1.807) is 11.2 Å². The zero-order valence-electron chi connectivity index (χ0n) is 9.73. The molecule has 1 aromatic heterocycles. The number of furan rings is 1. The number of para-hydroxylation sites is 1. The van der Waals surface area contributed by atoms with Crippen molar-refractivity contribution in [2.75, 3.05) is 19.0 Å². The molecular weight excluding hydrogens is 250 g/mol. The second-order valence-corrected chi connectivity index (χ2v) is 4.55. The zero-order chi connectivity index (χ0) is 12.5. The van der Waals surface area contributed by atoms with Gasteiger partial charge in [0.25, 0.3) is 0 Å². The van der Waals surface area contributed by atoms with Crippen LogP contribution in [0.3, 0.4) is 0 Å². The molecular formula is C14H12ClNO2. The fourth-order valence-corrected chi connectivity index (χ4v) is 2.44. The minimum atomic E-state index is -0.0328. The molecule has 1 aromatic carbocycles. The maximum atomic E-state index is 11.5. The molecule has 0 N–H and O–H groups in total. The van der Waals surface area contributed by atoms with E-state index in [0.29, 0.717) is 13.1 Å². The normalized spacial score (nSPS) is 15.2. The van der Waals surface area contributed by atoms with Gasteiger partial charge < -0.3 is 9.32 Å². The largest absolute Gasteiger partial charge is 0.464 e. The summed E-state index contributed by atoms with van der Waals surface area (Å²) in [5.41, 5.74) is 3.06. The predicted octanol–water partition coefficient (Wildman–Crippen LogP) is 2.90. The smallest absolute Gasteiger partial charge is 0.238 e. The zero-order valence-corrected chi connectivity index (χ0v) is 10.5. The van der Waals surface area contributed by atoms with Crippen molar-refractivity contribution in [3.05, 3.63) is 42.2 Å². The van der Waals surface area contributed by atoms with E-state index in [2.05, 4.69) is 6.08 Å². The Hall–Kier alpha value is -1.74. The highest BCUT2D eigenvalue weighted by molar-refractivity contribution is 6.27. The Labute approximate surface area is 110 Å². The predicted molar refractivity (Wildman–Crippen MR) is 71.5 cm³/mol. The summed E-state index contributed by atoms with van der Waals surface area (Å²) in [5.74, 6) is 0.000965. The SMILES string of the molecule is O=C(CCl)N1CC=C(c2cccc3ccoc23)C1. The maximum absolute atomic E-state index is 11.5. The van der Waals surface area contributed by atoms with Crippen LogP contribution in [-0.2, 0) is 4.79 Å². The van der Waals surface area contributed by atoms with E-state index in [0.717, 1.165) is 22.1 Å². The van der Waals surface area contributed by atoms with Crippen LogP contribution in [0.4, 0.5) is 0 Å². The second-order valence-electron chi connectivity index (χ2n) is 4.28. The molecule has 0 bridgehead atoms. The number of carbonyl (C=O) groups excluding carboxylic acids is 1. The molecule has 1 aliphatic heterocycles. The fourth-order valence-electron chi connectivity index (χ4n) is 2.27. The minimum absolute atomic E-state index is 0.0328. The Kier molecular flexibility index (Phi) is 2.84. The molecule has 0 radical (unpaired) electrons. The van der Waals surface area contributed by atoms with Gasteiger partial charge in [0.2, 0.25) is 5.91 Å². The monoisotopic (exact) mass is 261 g/mol. The minimum Gasteiger partial charge on any atom is -0.464 e. The molecule has 0 spiro atoms. The number of amides is 1. The van der Waals surface area contributed by atoms with Gasteiger partial charge >= 0.3 is 0 Å². The lowest BCUT2D eigenvalue weighted by Gasteiger charge is -2.14. The molecule has 0 unspecified atom stereocenters. The second kappa shape index (κ2) is 4.50. The Morgan fingerprint density at radius 2 is 2.28 bits per heavy atom. The quantitative estimate of drug-likeness (QED) is 0.779. The molecule has 0 saturated carbocycles. The summed E-state index contributed by atoms with van der Waals surface area (Å²) in [4.78, 5) is 13.3. The van der Waals surface area contributed by atoms with Gasteiger partial charge in [0.1, 0.15) is 11.5 Å². The van der Waals surface area contributed by atoms with Crippen LogP contribution in [0.5, 0.6) is 0 Å². The van der Waals surface area contributed by atoms with E-state index in [9.17, 15) is 4.79 Å². The third-order valence-corrected chi connectivity index (χ3v) is 3.44. The van der Waals surface area contributed by atoms with Gasteiger partial charge in [0, 0.05) is 24.0 Å². The highest BCUT2D eigenvalue weighted by atomic mass is 35.5. The van der Waals surface area contributed by atoms with Crippen molar-refractivity contribution in [1.29, 1.82) is 0 Å². The van der Waals surface area contributed by atoms with Crippen LogP contribution in [-0.4, -0.2) is 29.8 Å². The van der Waals surface area contributed by atoms with Gasteiger partial charge in [0.05, 0.1) is 6.26 Å². The lowest BCUT2D eigenvalue weighted by Crippen LogP contribution is -2.29. The highest BCUT2D eigenvalue weighted by Gasteiger charge is 2.21. The molecule has 0 fully saturated rings. The molecule has 1 amide bonds. The number of rotatable bonds is 2. The summed E-state index contributed by atoms with van der Waals surface area (Å²) in [6.45, 7) is 1.23. The molecule has 2 aromatic rings. The summed E-state index contributed by atoms with van der Waals surface area (Å²) in [6.07, 6.45) is 3.74. The summed E-state index contributed by atoms with van der Waals surface area (Å²) in [6, 6.07) is 7.97. The van der Waals surface area contributed by atoms with Crippen molar-refractivity contribution in [1.82, 2.24) is 4.90 Å². The molecule has 92 valence electrons. The molecule has 3 rings (SSSR count). The van der Waals surface area contributed by atoms with E-state index in [-0.39, 0.29) is 11.8 Å². The van der Waals surface area contributed by atoms with Crippen LogP contribution in [0.25, 0.3) is 16.5 Å². The number of halogens is 1. The number of hydrogen-bond donors (Lipinski definition) is 0. The Morgan fingerprint density at radius 1 is 1.39 bits per heavy atom. The highest BCUT2D eigenvalue weighted by Crippen LogP contribution is 2.28. The van der Waals surface area contributed by atoms with Crippen LogP contribution in [0, 0.1) is 0 Å². The van der Waals surface area contributed by atoms with E-state index >= 15 is 0 Å². The van der Waals surface area contributed by atoms with Gasteiger partial charge in [-0.3, -0.25) is 4.79 Å². The molecule has 1 aliphatic rings. The molecule has 3 nitrogen and oxygen atoms in total. The van der Waals surface area contributed by atoms with Crippen LogP contribution >= 0.6 is 11.6 Å². The van der Waals surface area contributed by atoms with E-state index in [4.69, 9.17) is 16.0 Å². The lowest BCUT2D eigenvalue weighted by atomic mass is 10.0. The molecule has 18 heavy (non-hydrogen) atoms. The fraction of sp³-hybridized carbons (Fsp3) is 0.214. The average Bonchev–Trinajstić information content (AvgIpc) is 3.05. The summed E-state index contributed by atoms with van der Waals surface area (Å²) in [7, 11) is 0. The number of carbonyl (C=O) groups is 1. The average molecular weight is 262 g/mol. The van der Waals surface area contributed by atoms with Crippen LogP contribution in [0.1, 0.15) is 5.56 Å². The number of alkyl halides is 1. The number of benzene rings is 1. The van der Waals surface area contributed by atoms with Gasteiger partial charge in [-0.25, -0.2) is 0 Å². The van der Waals surface area contributed by atoms with Crippen molar-refractivity contribution in [2.45, 2.75) is 0 Å². The molecule has 0 atom stereocenters. The van der Waals surface area contributed by atoms with Crippen molar-refractivity contribution < 1.29 is 9.21 Å². The van der Waals surface area contributed by atoms with Crippen LogP contribution in [0.2, 0.25) is 0 Å². The van der Waals surface area contributed by atoms with Crippen molar-refractivity contribution >= 4 is 34.1 Å². The number of hydrogen-bond acceptors (Lipinski definition) is 2. The standard InChI is InChI=1S/C14H12ClNO2/c15-8-13(17)16-6-4-11(9-16)12-3-1-2-10-5-7-18-14(10)12/h1-5,7H,6,8-9H2. The number of nitrogens with zero attached hydrogens (tertiary/aromatic N) is 1. The van der Waals surface area contributed by atoms with Gasteiger partial charge in [-0.15, -0.1) is 11.6 Å². The molecule has 2 heterocycles. The van der Waals surface area contributed by atoms with Gasteiger partial charge in [-0.2, -0.15) is 0 Å². The first-order valence-corrected chi connectivity index (χ1v) is 6.32. The van der Waals surface area contributed by atoms with Gasteiger partial charge in [-0.1, -0.05) is 24.3 Å². The first-order chi connectivity index (χ1) is 8.79. The van der Waals surface area contributed by atoms with Gasteiger partial charge in [-0.05, 0) is 11.6 Å². The Morgan fingerprint density at radius 3 is 3.11 bits per heavy atom. The number of fused-ring (bicyclic) bond motifs is 1. The first kappa shape index (κ1) is 11.4. The summed E-state index contributed by atoms with van der Waals surface area (Å²) < 4.78 is 5.51. The van der Waals surface area contributed by atoms with Crippen molar-refractivity contribution in [3.63, 3.8) is 0 Å². The van der Waals surface area contributed by atoms with E-state index in [1.165, 1.54) is 0 Å². The van der Waals surface area contributed by atoms with E-state index < -0.39 is 0 Å². The summed E-state index contributed by atoms with van der Waals surface area (Å²) >= 11 is 5.57. The maximum Gasteiger partial charge on any atom is 0.238 e. The first-order valence-electron chi connectivity index (χ1n) is 5.79. The Bertz CT molecular complexity index is 630. The lowest BCUT2D eigenvalue weighted by molar-refractivity contribution is -0.127. The topological polar surface area (TPSA) is 33.5 Å². The Balaban J connectivity index is 1.93. The third-order valence-electron chi connectivity index (χ3n) is 3.21. The van der Waals surface area contributed by atoms with Crippen molar-refractivity contribution in [2.24, 2.45) is 0 Å². The van der Waals surface area contributed by atoms with E-state index in [1.807, 2.05) is 24.3 Å². The molecule has 4 heteroatoms. The van der Waals surface area contributed by atoms with Gasteiger partial charge in [0.15, 0.2) is 0 Å². The van der Waals surface area contributed by atoms with Crippen LogP contribution < -0.4 is 0 Å². The summed E-state index contributed by atoms with van der Waals surface area (Å²) in [5, 5.41) is 1.08.